The summed E-state index contributed by atoms with van der Waals surface area (Å²) in [5.74, 6) is 9.78. The van der Waals surface area contributed by atoms with Crippen LogP contribution in [-0.2, 0) is 11.3 Å². The van der Waals surface area contributed by atoms with E-state index in [4.69, 9.17) is 16.9 Å². The maximum atomic E-state index is 11.7. The molecule has 8 heteroatoms. The number of likely N-dealkylation sites (tertiary alicyclic amines) is 1. The first-order valence-electron chi connectivity index (χ1n) is 8.94. The number of hydrogen-bond acceptors (Lipinski definition) is 6. The first-order valence-corrected chi connectivity index (χ1v) is 8.94. The molecule has 140 valence electrons. The number of anilines is 1. The van der Waals surface area contributed by atoms with E-state index in [0.29, 0.717) is 55.0 Å². The summed E-state index contributed by atoms with van der Waals surface area (Å²) in [6, 6.07) is 0. The van der Waals surface area contributed by atoms with Gasteiger partial charge in [-0.3, -0.25) is 0 Å². The lowest BCUT2D eigenvalue weighted by Crippen LogP contribution is -2.38. The van der Waals surface area contributed by atoms with E-state index in [1.165, 1.54) is 0 Å². The lowest BCUT2D eigenvalue weighted by atomic mass is 9.94. The number of imidazole rings is 1. The highest BCUT2D eigenvalue weighted by atomic mass is 16.6. The molecule has 3 heterocycles. The number of nitrogens with two attached hydrogens (primary N) is 1. The van der Waals surface area contributed by atoms with Crippen molar-refractivity contribution in [3.05, 3.63) is 12.2 Å². The van der Waals surface area contributed by atoms with E-state index in [1.54, 1.807) is 15.8 Å². The number of piperidine rings is 1. The van der Waals surface area contributed by atoms with E-state index >= 15 is 0 Å². The van der Waals surface area contributed by atoms with Crippen LogP contribution >= 0.6 is 0 Å². The van der Waals surface area contributed by atoms with Gasteiger partial charge in [0.15, 0.2) is 11.5 Å². The highest BCUT2D eigenvalue weighted by Gasteiger charge is 2.22. The number of fused-ring (bicyclic) bond motifs is 1. The molecule has 1 fully saturated rings. The van der Waals surface area contributed by atoms with Gasteiger partial charge in [0.2, 0.25) is 5.82 Å². The van der Waals surface area contributed by atoms with E-state index < -0.39 is 0 Å². The maximum absolute atomic E-state index is 11.7. The average molecular weight is 366 g/mol. The Hall–Kier alpha value is -3.26. The summed E-state index contributed by atoms with van der Waals surface area (Å²) in [5.41, 5.74) is 7.07. The second kappa shape index (κ2) is 8.41. The molecule has 0 bridgehead atoms. The van der Waals surface area contributed by atoms with Crippen molar-refractivity contribution in [3.8, 4) is 24.2 Å². The van der Waals surface area contributed by atoms with Gasteiger partial charge >= 0.3 is 6.09 Å². The zero-order valence-corrected chi connectivity index (χ0v) is 15.3. The van der Waals surface area contributed by atoms with Gasteiger partial charge in [-0.1, -0.05) is 11.8 Å². The third-order valence-corrected chi connectivity index (χ3v) is 4.48. The molecule has 0 aromatic carbocycles. The number of ether oxygens (including phenoxy) is 1. The van der Waals surface area contributed by atoms with Crippen molar-refractivity contribution < 1.29 is 9.53 Å². The molecule has 2 aromatic heterocycles. The molecular weight excluding hydrogens is 344 g/mol. The molecule has 0 radical (unpaired) electrons. The molecule has 27 heavy (non-hydrogen) atoms. The number of hydrogen-bond donors (Lipinski definition) is 1. The third-order valence-electron chi connectivity index (χ3n) is 4.48. The van der Waals surface area contributed by atoms with Crippen LogP contribution in [0.2, 0.25) is 0 Å². The molecule has 1 aliphatic rings. The maximum Gasteiger partial charge on any atom is 0.409 e. The number of aromatic nitrogens is 4. The summed E-state index contributed by atoms with van der Waals surface area (Å²) < 4.78 is 6.77. The summed E-state index contributed by atoms with van der Waals surface area (Å²) in [6.45, 7) is 3.97. The number of rotatable bonds is 3. The highest BCUT2D eigenvalue weighted by molar-refractivity contribution is 5.82. The van der Waals surface area contributed by atoms with Gasteiger partial charge in [0.1, 0.15) is 5.52 Å². The van der Waals surface area contributed by atoms with Crippen LogP contribution in [0.5, 0.6) is 0 Å². The van der Waals surface area contributed by atoms with Crippen LogP contribution in [0.25, 0.3) is 11.2 Å². The zero-order valence-electron chi connectivity index (χ0n) is 15.3. The fourth-order valence-electron chi connectivity index (χ4n) is 3.04. The minimum Gasteiger partial charge on any atom is -0.450 e. The SMILES string of the molecule is C#CCn1cnc2c(N)nc(C#CCC3CCN(C(=O)OCC)CC3)nc21. The summed E-state index contributed by atoms with van der Waals surface area (Å²) in [4.78, 5) is 26.3. The fourth-order valence-corrected chi connectivity index (χ4v) is 3.04. The van der Waals surface area contributed by atoms with Crippen molar-refractivity contribution >= 4 is 23.1 Å². The Morgan fingerprint density at radius 3 is 2.89 bits per heavy atom. The Kier molecular flexibility index (Phi) is 5.77. The summed E-state index contributed by atoms with van der Waals surface area (Å²) in [5, 5.41) is 0. The van der Waals surface area contributed by atoms with E-state index in [1.807, 2.05) is 6.92 Å². The van der Waals surface area contributed by atoms with Gasteiger partial charge in [0.05, 0.1) is 19.5 Å². The molecule has 1 amide bonds. The lowest BCUT2D eigenvalue weighted by Gasteiger charge is -2.30. The second-order valence-corrected chi connectivity index (χ2v) is 6.32. The first kappa shape index (κ1) is 18.5. The highest BCUT2D eigenvalue weighted by Crippen LogP contribution is 2.21. The lowest BCUT2D eigenvalue weighted by molar-refractivity contribution is 0.0922. The summed E-state index contributed by atoms with van der Waals surface area (Å²) in [7, 11) is 0. The van der Waals surface area contributed by atoms with E-state index in [9.17, 15) is 4.79 Å². The number of carbonyl (C=O) groups excluding carboxylic acids is 1. The predicted octanol–water partition coefficient (Wildman–Crippen LogP) is 1.65. The molecule has 2 aromatic rings. The van der Waals surface area contributed by atoms with E-state index in [-0.39, 0.29) is 6.09 Å². The minimum absolute atomic E-state index is 0.234. The molecule has 0 spiro atoms. The number of amides is 1. The Bertz CT molecular complexity index is 925. The van der Waals surface area contributed by atoms with Crippen molar-refractivity contribution in [2.24, 2.45) is 5.92 Å². The minimum atomic E-state index is -0.234. The largest absolute Gasteiger partial charge is 0.450 e. The molecule has 0 unspecified atom stereocenters. The molecule has 1 aliphatic heterocycles. The van der Waals surface area contributed by atoms with Crippen LogP contribution in [0, 0.1) is 30.1 Å². The molecule has 0 aliphatic carbocycles. The quantitative estimate of drug-likeness (QED) is 0.829. The Balaban J connectivity index is 1.62. The first-order chi connectivity index (χ1) is 13.1. The number of nitrogen functional groups attached to an aromatic ring is 1. The number of carbonyl (C=O) groups is 1. The second-order valence-electron chi connectivity index (χ2n) is 6.32. The Morgan fingerprint density at radius 2 is 2.19 bits per heavy atom. The van der Waals surface area contributed by atoms with E-state index in [0.717, 1.165) is 19.3 Å². The van der Waals surface area contributed by atoms with Crippen molar-refractivity contribution in [1.29, 1.82) is 0 Å². The molecular formula is C19H22N6O2. The van der Waals surface area contributed by atoms with Crippen LogP contribution in [0.4, 0.5) is 10.6 Å². The van der Waals surface area contributed by atoms with Gasteiger partial charge in [-0.05, 0) is 31.6 Å². The molecule has 0 saturated carbocycles. The fraction of sp³-hybridized carbons (Fsp3) is 0.474. The van der Waals surface area contributed by atoms with Gasteiger partial charge in [0, 0.05) is 19.5 Å². The number of nitrogens with zero attached hydrogens (tertiary/aromatic N) is 5. The Labute approximate surface area is 158 Å². The Morgan fingerprint density at radius 1 is 1.41 bits per heavy atom. The van der Waals surface area contributed by atoms with Crippen LogP contribution in [0.15, 0.2) is 6.33 Å². The van der Waals surface area contributed by atoms with Crippen LogP contribution in [0.1, 0.15) is 32.0 Å². The standard InChI is InChI=1S/C19H22N6O2/c1-3-10-25-13-21-16-17(20)22-15(23-18(16)25)7-5-6-14-8-11-24(12-9-14)19(26)27-4-2/h1,13-14H,4,6,8-12H2,2H3,(H2,20,22,23). The van der Waals surface area contributed by atoms with Gasteiger partial charge in [-0.2, -0.15) is 0 Å². The van der Waals surface area contributed by atoms with Gasteiger partial charge in [0.25, 0.3) is 0 Å². The topological polar surface area (TPSA) is 99.2 Å². The van der Waals surface area contributed by atoms with Gasteiger partial charge in [-0.25, -0.2) is 19.7 Å². The predicted molar refractivity (Wildman–Crippen MR) is 101 cm³/mol. The van der Waals surface area contributed by atoms with Crippen LogP contribution < -0.4 is 5.73 Å². The van der Waals surface area contributed by atoms with Crippen molar-refractivity contribution in [3.63, 3.8) is 0 Å². The number of terminal acetylenes is 1. The van der Waals surface area contributed by atoms with E-state index in [2.05, 4.69) is 32.7 Å². The van der Waals surface area contributed by atoms with Crippen LogP contribution in [0.3, 0.4) is 0 Å². The zero-order chi connectivity index (χ0) is 19.2. The average Bonchev–Trinajstić information content (AvgIpc) is 3.06. The third kappa shape index (κ3) is 4.29. The molecule has 3 rings (SSSR count). The van der Waals surface area contributed by atoms with Gasteiger partial charge in [-0.15, -0.1) is 6.42 Å². The molecule has 0 atom stereocenters. The van der Waals surface area contributed by atoms with Crippen LogP contribution in [-0.4, -0.2) is 50.2 Å². The summed E-state index contributed by atoms with van der Waals surface area (Å²) >= 11 is 0. The van der Waals surface area contributed by atoms with Crippen molar-refractivity contribution in [1.82, 2.24) is 24.4 Å². The summed E-state index contributed by atoms with van der Waals surface area (Å²) in [6.07, 6.45) is 9.27. The normalized spacial score (nSPS) is 14.4. The molecule has 1 saturated heterocycles. The van der Waals surface area contributed by atoms with Crippen molar-refractivity contribution in [2.75, 3.05) is 25.4 Å². The van der Waals surface area contributed by atoms with Gasteiger partial charge < -0.3 is 19.9 Å². The molecule has 8 nitrogen and oxygen atoms in total. The van der Waals surface area contributed by atoms with Crippen molar-refractivity contribution in [2.45, 2.75) is 32.7 Å². The molecule has 2 N–H and O–H groups in total. The smallest absolute Gasteiger partial charge is 0.409 e. The monoisotopic (exact) mass is 366 g/mol.